The van der Waals surface area contributed by atoms with Crippen LogP contribution < -0.4 is 0 Å². The average Bonchev–Trinajstić information content (AvgIpc) is 2.82. The fraction of sp³-hybridized carbons (Fsp3) is 0.308. The quantitative estimate of drug-likeness (QED) is 0.822. The van der Waals surface area contributed by atoms with Crippen molar-refractivity contribution in [3.05, 3.63) is 47.6 Å². The Kier molecular flexibility index (Phi) is 3.72. The number of likely N-dealkylation sites (N-methyl/N-ethyl adjacent to an activating group) is 1. The van der Waals surface area contributed by atoms with Crippen molar-refractivity contribution < 1.29 is 9.32 Å². The molecule has 0 aliphatic rings. The van der Waals surface area contributed by atoms with E-state index in [1.807, 2.05) is 12.1 Å². The first-order valence-corrected chi connectivity index (χ1v) is 5.74. The van der Waals surface area contributed by atoms with Gasteiger partial charge in [0.1, 0.15) is 11.3 Å². The van der Waals surface area contributed by atoms with Gasteiger partial charge in [0, 0.05) is 26.0 Å². The summed E-state index contributed by atoms with van der Waals surface area (Å²) < 4.78 is 4.89. The van der Waals surface area contributed by atoms with Gasteiger partial charge < -0.3 is 9.42 Å². The van der Waals surface area contributed by atoms with Crippen LogP contribution in [0.25, 0.3) is 0 Å². The molecule has 2 heterocycles. The largest absolute Gasteiger partial charge is 0.361 e. The van der Waals surface area contributed by atoms with Gasteiger partial charge >= 0.3 is 0 Å². The number of aryl methyl sites for hydroxylation is 1. The van der Waals surface area contributed by atoms with E-state index in [4.69, 9.17) is 4.52 Å². The fourth-order valence-electron chi connectivity index (χ4n) is 1.66. The highest BCUT2D eigenvalue weighted by molar-refractivity contribution is 5.94. The highest BCUT2D eigenvalue weighted by Crippen LogP contribution is 2.09. The Balaban J connectivity index is 1.95. The summed E-state index contributed by atoms with van der Waals surface area (Å²) in [5.41, 5.74) is 1.68. The Morgan fingerprint density at radius 2 is 2.11 bits per heavy atom. The van der Waals surface area contributed by atoms with E-state index in [0.29, 0.717) is 17.9 Å². The molecule has 0 aliphatic heterocycles. The Bertz CT molecular complexity index is 522. The number of amides is 1. The molecule has 0 fully saturated rings. The molecular weight excluding hydrogens is 230 g/mol. The zero-order valence-corrected chi connectivity index (χ0v) is 10.5. The van der Waals surface area contributed by atoms with Crippen LogP contribution in [0.2, 0.25) is 0 Å². The van der Waals surface area contributed by atoms with E-state index in [1.54, 1.807) is 31.3 Å². The molecule has 0 spiro atoms. The van der Waals surface area contributed by atoms with Crippen LogP contribution in [-0.2, 0) is 6.42 Å². The number of carbonyl (C=O) groups is 1. The monoisotopic (exact) mass is 245 g/mol. The van der Waals surface area contributed by atoms with E-state index in [1.165, 1.54) is 6.20 Å². The van der Waals surface area contributed by atoms with Crippen LogP contribution in [0.15, 0.2) is 35.2 Å². The Morgan fingerprint density at radius 1 is 1.39 bits per heavy atom. The number of pyridine rings is 1. The SMILES string of the molecule is Cc1oncc1C(=O)N(C)CCc1ccncc1. The molecule has 5 nitrogen and oxygen atoms in total. The topological polar surface area (TPSA) is 59.2 Å². The maximum absolute atomic E-state index is 12.1. The molecule has 5 heteroatoms. The van der Waals surface area contributed by atoms with E-state index in [0.717, 1.165) is 12.0 Å². The zero-order valence-electron chi connectivity index (χ0n) is 10.5. The van der Waals surface area contributed by atoms with Crippen LogP contribution in [0.1, 0.15) is 21.7 Å². The van der Waals surface area contributed by atoms with E-state index in [9.17, 15) is 4.79 Å². The molecule has 0 bridgehead atoms. The predicted octanol–water partition coefficient (Wildman–Crippen LogP) is 1.69. The minimum atomic E-state index is -0.0668. The highest BCUT2D eigenvalue weighted by Gasteiger charge is 2.16. The summed E-state index contributed by atoms with van der Waals surface area (Å²) in [7, 11) is 1.77. The van der Waals surface area contributed by atoms with Crippen LogP contribution in [0.3, 0.4) is 0 Å². The van der Waals surface area contributed by atoms with Gasteiger partial charge in [0.25, 0.3) is 5.91 Å². The van der Waals surface area contributed by atoms with Crippen molar-refractivity contribution >= 4 is 5.91 Å². The molecule has 0 saturated carbocycles. The Hall–Kier alpha value is -2.17. The maximum atomic E-state index is 12.1. The van der Waals surface area contributed by atoms with Gasteiger partial charge in [-0.3, -0.25) is 9.78 Å². The van der Waals surface area contributed by atoms with Crippen LogP contribution in [0.5, 0.6) is 0 Å². The normalized spacial score (nSPS) is 10.3. The molecule has 2 rings (SSSR count). The van der Waals surface area contributed by atoms with E-state index >= 15 is 0 Å². The van der Waals surface area contributed by atoms with Gasteiger partial charge in [-0.25, -0.2) is 0 Å². The van der Waals surface area contributed by atoms with Crippen LogP contribution in [0, 0.1) is 6.92 Å². The maximum Gasteiger partial charge on any atom is 0.258 e. The van der Waals surface area contributed by atoms with Gasteiger partial charge in [0.2, 0.25) is 0 Å². The molecular formula is C13H15N3O2. The Labute approximate surface area is 105 Å². The Morgan fingerprint density at radius 3 is 2.72 bits per heavy atom. The summed E-state index contributed by atoms with van der Waals surface area (Å²) in [6.07, 6.45) is 5.76. The first kappa shape index (κ1) is 12.3. The minimum absolute atomic E-state index is 0.0668. The number of aromatic nitrogens is 2. The van der Waals surface area contributed by atoms with Gasteiger partial charge in [-0.1, -0.05) is 5.16 Å². The molecule has 0 unspecified atom stereocenters. The molecule has 1 amide bonds. The summed E-state index contributed by atoms with van der Waals surface area (Å²) in [6, 6.07) is 3.89. The van der Waals surface area contributed by atoms with Crippen molar-refractivity contribution in [3.63, 3.8) is 0 Å². The second-order valence-corrected chi connectivity index (χ2v) is 4.13. The second-order valence-electron chi connectivity index (χ2n) is 4.13. The van der Waals surface area contributed by atoms with Crippen molar-refractivity contribution in [1.82, 2.24) is 15.0 Å². The van der Waals surface area contributed by atoms with Crippen molar-refractivity contribution in [2.75, 3.05) is 13.6 Å². The summed E-state index contributed by atoms with van der Waals surface area (Å²) in [5, 5.41) is 3.61. The summed E-state index contributed by atoms with van der Waals surface area (Å²) in [5.74, 6) is 0.485. The molecule has 0 radical (unpaired) electrons. The predicted molar refractivity (Wildman–Crippen MR) is 66.1 cm³/mol. The molecule has 0 atom stereocenters. The molecule has 18 heavy (non-hydrogen) atoms. The number of nitrogens with zero attached hydrogens (tertiary/aromatic N) is 3. The van der Waals surface area contributed by atoms with Crippen molar-refractivity contribution in [1.29, 1.82) is 0 Å². The minimum Gasteiger partial charge on any atom is -0.361 e. The standard InChI is InChI=1S/C13H15N3O2/c1-10-12(9-15-18-10)13(17)16(2)8-5-11-3-6-14-7-4-11/h3-4,6-7,9H,5,8H2,1-2H3. The van der Waals surface area contributed by atoms with Crippen LogP contribution in [-0.4, -0.2) is 34.5 Å². The smallest absolute Gasteiger partial charge is 0.258 e. The average molecular weight is 245 g/mol. The lowest BCUT2D eigenvalue weighted by molar-refractivity contribution is 0.0795. The molecule has 94 valence electrons. The molecule has 0 saturated heterocycles. The van der Waals surface area contributed by atoms with Crippen molar-refractivity contribution in [3.8, 4) is 0 Å². The van der Waals surface area contributed by atoms with Gasteiger partial charge in [0.05, 0.1) is 6.20 Å². The molecule has 2 aromatic heterocycles. The number of hydrogen-bond acceptors (Lipinski definition) is 4. The van der Waals surface area contributed by atoms with Gasteiger partial charge in [0.15, 0.2) is 0 Å². The lowest BCUT2D eigenvalue weighted by atomic mass is 10.2. The zero-order chi connectivity index (χ0) is 13.0. The van der Waals surface area contributed by atoms with Crippen molar-refractivity contribution in [2.45, 2.75) is 13.3 Å². The van der Waals surface area contributed by atoms with E-state index < -0.39 is 0 Å². The van der Waals surface area contributed by atoms with Gasteiger partial charge in [-0.15, -0.1) is 0 Å². The third-order valence-corrected chi connectivity index (χ3v) is 2.81. The third-order valence-electron chi connectivity index (χ3n) is 2.81. The highest BCUT2D eigenvalue weighted by atomic mass is 16.5. The van der Waals surface area contributed by atoms with Gasteiger partial charge in [-0.05, 0) is 31.0 Å². The van der Waals surface area contributed by atoms with Crippen LogP contribution in [0.4, 0.5) is 0 Å². The van der Waals surface area contributed by atoms with Gasteiger partial charge in [-0.2, -0.15) is 0 Å². The molecule has 2 aromatic rings. The molecule has 0 N–H and O–H groups in total. The van der Waals surface area contributed by atoms with E-state index in [-0.39, 0.29) is 5.91 Å². The molecule has 0 aliphatic carbocycles. The third kappa shape index (κ3) is 2.74. The summed E-state index contributed by atoms with van der Waals surface area (Å²) in [4.78, 5) is 17.7. The molecule has 0 aromatic carbocycles. The summed E-state index contributed by atoms with van der Waals surface area (Å²) >= 11 is 0. The first-order chi connectivity index (χ1) is 8.68. The lowest BCUT2D eigenvalue weighted by Crippen LogP contribution is -2.29. The number of rotatable bonds is 4. The van der Waals surface area contributed by atoms with Crippen molar-refractivity contribution in [2.24, 2.45) is 0 Å². The first-order valence-electron chi connectivity index (χ1n) is 5.74. The summed E-state index contributed by atoms with van der Waals surface area (Å²) in [6.45, 7) is 2.38. The van der Waals surface area contributed by atoms with E-state index in [2.05, 4.69) is 10.1 Å². The number of carbonyl (C=O) groups excluding carboxylic acids is 1. The second kappa shape index (κ2) is 5.44. The fourth-order valence-corrected chi connectivity index (χ4v) is 1.66. The van der Waals surface area contributed by atoms with Crippen LogP contribution >= 0.6 is 0 Å². The lowest BCUT2D eigenvalue weighted by Gasteiger charge is -2.16. The number of hydrogen-bond donors (Lipinski definition) is 0.